The van der Waals surface area contributed by atoms with Crippen LogP contribution in [0.3, 0.4) is 0 Å². The summed E-state index contributed by atoms with van der Waals surface area (Å²) < 4.78 is 0. The van der Waals surface area contributed by atoms with Gasteiger partial charge < -0.3 is 10.2 Å². The molecule has 0 aliphatic carbocycles. The SMILES string of the molecule is Cc1cccc(NC(=O)C2CSCN2C(=O)c2cc([N+](=O)[O-])ccc2Cl)c1. The first-order valence-electron chi connectivity index (χ1n) is 8.07. The Bertz CT molecular complexity index is 921. The third kappa shape index (κ3) is 4.23. The second-order valence-electron chi connectivity index (χ2n) is 6.07. The van der Waals surface area contributed by atoms with Crippen LogP contribution in [0.1, 0.15) is 15.9 Å². The number of hydrogen-bond donors (Lipinski definition) is 1. The Labute approximate surface area is 164 Å². The van der Waals surface area contributed by atoms with Gasteiger partial charge in [0.1, 0.15) is 6.04 Å². The summed E-state index contributed by atoms with van der Waals surface area (Å²) in [6.45, 7) is 1.92. The lowest BCUT2D eigenvalue weighted by atomic mass is 10.1. The molecular formula is C18H16ClN3O4S. The lowest BCUT2D eigenvalue weighted by Crippen LogP contribution is -2.44. The van der Waals surface area contributed by atoms with E-state index in [0.29, 0.717) is 17.3 Å². The van der Waals surface area contributed by atoms with Gasteiger partial charge in [0.05, 0.1) is 21.4 Å². The molecule has 0 aromatic heterocycles. The van der Waals surface area contributed by atoms with Gasteiger partial charge in [-0.2, -0.15) is 0 Å². The van der Waals surface area contributed by atoms with Crippen LogP contribution < -0.4 is 5.32 Å². The smallest absolute Gasteiger partial charge is 0.270 e. The van der Waals surface area contributed by atoms with Crippen molar-refractivity contribution in [3.8, 4) is 0 Å². The average molecular weight is 406 g/mol. The van der Waals surface area contributed by atoms with E-state index in [-0.39, 0.29) is 22.2 Å². The number of carbonyl (C=O) groups is 2. The fraction of sp³-hybridized carbons (Fsp3) is 0.222. The molecule has 1 saturated heterocycles. The summed E-state index contributed by atoms with van der Waals surface area (Å²) in [6.07, 6.45) is 0. The molecule has 0 spiro atoms. The number of aryl methyl sites for hydroxylation is 1. The van der Waals surface area contributed by atoms with Crippen LogP contribution >= 0.6 is 23.4 Å². The number of anilines is 1. The third-order valence-corrected chi connectivity index (χ3v) is 5.46. The Morgan fingerprint density at radius 2 is 2.07 bits per heavy atom. The number of amides is 2. The third-order valence-electron chi connectivity index (χ3n) is 4.12. The van der Waals surface area contributed by atoms with E-state index in [9.17, 15) is 19.7 Å². The zero-order valence-corrected chi connectivity index (χ0v) is 15.9. The van der Waals surface area contributed by atoms with Gasteiger partial charge in [0.25, 0.3) is 11.6 Å². The summed E-state index contributed by atoms with van der Waals surface area (Å²) in [5, 5.41) is 13.9. The van der Waals surface area contributed by atoms with Crippen LogP contribution in [0.5, 0.6) is 0 Å². The maximum absolute atomic E-state index is 12.9. The molecule has 0 saturated carbocycles. The summed E-state index contributed by atoms with van der Waals surface area (Å²) >= 11 is 7.51. The van der Waals surface area contributed by atoms with Crippen molar-refractivity contribution in [3.05, 3.63) is 68.7 Å². The lowest BCUT2D eigenvalue weighted by molar-refractivity contribution is -0.384. The van der Waals surface area contributed by atoms with Gasteiger partial charge in [0.2, 0.25) is 5.91 Å². The number of non-ortho nitro benzene ring substituents is 1. The normalized spacial score (nSPS) is 16.2. The largest absolute Gasteiger partial charge is 0.324 e. The van der Waals surface area contributed by atoms with E-state index < -0.39 is 16.9 Å². The van der Waals surface area contributed by atoms with Gasteiger partial charge in [-0.15, -0.1) is 11.8 Å². The second kappa shape index (κ2) is 7.98. The summed E-state index contributed by atoms with van der Waals surface area (Å²) in [6, 6.07) is 10.4. The van der Waals surface area contributed by atoms with Crippen LogP contribution in [0, 0.1) is 17.0 Å². The van der Waals surface area contributed by atoms with Crippen molar-refractivity contribution < 1.29 is 14.5 Å². The standard InChI is InChI=1S/C18H16ClN3O4S/c1-11-3-2-4-12(7-11)20-17(23)16-9-27-10-21(16)18(24)14-8-13(22(25)26)5-6-15(14)19/h2-8,16H,9-10H2,1H3,(H,20,23). The average Bonchev–Trinajstić information content (AvgIpc) is 3.11. The van der Waals surface area contributed by atoms with E-state index in [1.165, 1.54) is 28.8 Å². The molecule has 2 aromatic carbocycles. The van der Waals surface area contributed by atoms with Crippen LogP contribution in [0.15, 0.2) is 42.5 Å². The van der Waals surface area contributed by atoms with Gasteiger partial charge in [0, 0.05) is 23.6 Å². The van der Waals surface area contributed by atoms with Gasteiger partial charge in [-0.05, 0) is 30.7 Å². The minimum atomic E-state index is -0.682. The quantitative estimate of drug-likeness (QED) is 0.618. The minimum Gasteiger partial charge on any atom is -0.324 e. The summed E-state index contributed by atoms with van der Waals surface area (Å²) in [7, 11) is 0. The van der Waals surface area contributed by atoms with Crippen LogP contribution in [-0.2, 0) is 4.79 Å². The molecule has 140 valence electrons. The van der Waals surface area contributed by atoms with Crippen molar-refractivity contribution in [2.45, 2.75) is 13.0 Å². The predicted octanol–water partition coefficient (Wildman–Crippen LogP) is 3.71. The van der Waals surface area contributed by atoms with Crippen molar-refractivity contribution in [1.82, 2.24) is 4.90 Å². The van der Waals surface area contributed by atoms with Crippen molar-refractivity contribution in [2.75, 3.05) is 16.9 Å². The highest BCUT2D eigenvalue weighted by Gasteiger charge is 2.36. The van der Waals surface area contributed by atoms with Crippen LogP contribution in [-0.4, -0.2) is 39.3 Å². The van der Waals surface area contributed by atoms with Crippen molar-refractivity contribution in [1.29, 1.82) is 0 Å². The molecule has 1 aliphatic rings. The summed E-state index contributed by atoms with van der Waals surface area (Å²) in [4.78, 5) is 37.3. The first-order chi connectivity index (χ1) is 12.9. The summed E-state index contributed by atoms with van der Waals surface area (Å²) in [5.74, 6) is -0.0572. The Kier molecular flexibility index (Phi) is 5.67. The molecule has 0 bridgehead atoms. The first kappa shape index (κ1) is 19.2. The minimum absolute atomic E-state index is 0.0155. The van der Waals surface area contributed by atoms with Gasteiger partial charge >= 0.3 is 0 Å². The van der Waals surface area contributed by atoms with Crippen LogP contribution in [0.2, 0.25) is 5.02 Å². The monoisotopic (exact) mass is 405 g/mol. The number of carbonyl (C=O) groups excluding carboxylic acids is 2. The van der Waals surface area contributed by atoms with Gasteiger partial charge in [-0.3, -0.25) is 19.7 Å². The number of halogens is 1. The van der Waals surface area contributed by atoms with Gasteiger partial charge in [-0.1, -0.05) is 23.7 Å². The molecule has 0 radical (unpaired) electrons. The topological polar surface area (TPSA) is 92.6 Å². The number of nitro benzene ring substituents is 1. The van der Waals surface area contributed by atoms with E-state index in [0.717, 1.165) is 11.6 Å². The van der Waals surface area contributed by atoms with E-state index in [2.05, 4.69) is 5.32 Å². The highest BCUT2D eigenvalue weighted by molar-refractivity contribution is 7.99. The molecule has 1 N–H and O–H groups in total. The molecule has 9 heteroatoms. The van der Waals surface area contributed by atoms with E-state index >= 15 is 0 Å². The fourth-order valence-electron chi connectivity index (χ4n) is 2.75. The Hall–Kier alpha value is -2.58. The van der Waals surface area contributed by atoms with Gasteiger partial charge in [-0.25, -0.2) is 0 Å². The maximum Gasteiger partial charge on any atom is 0.270 e. The predicted molar refractivity (Wildman–Crippen MR) is 105 cm³/mol. The Morgan fingerprint density at radius 3 is 2.78 bits per heavy atom. The molecule has 1 fully saturated rings. The molecule has 2 aromatic rings. The molecule has 1 heterocycles. The van der Waals surface area contributed by atoms with Gasteiger partial charge in [0.15, 0.2) is 0 Å². The van der Waals surface area contributed by atoms with Crippen molar-refractivity contribution in [2.24, 2.45) is 0 Å². The molecule has 1 unspecified atom stereocenters. The number of benzene rings is 2. The zero-order valence-electron chi connectivity index (χ0n) is 14.3. The zero-order chi connectivity index (χ0) is 19.6. The number of nitro groups is 1. The second-order valence-corrected chi connectivity index (χ2v) is 7.48. The number of nitrogens with zero attached hydrogens (tertiary/aromatic N) is 2. The number of rotatable bonds is 4. The van der Waals surface area contributed by atoms with Crippen molar-refractivity contribution >= 4 is 46.6 Å². The highest BCUT2D eigenvalue weighted by Crippen LogP contribution is 2.29. The molecule has 2 amide bonds. The molecule has 7 nitrogen and oxygen atoms in total. The maximum atomic E-state index is 12.9. The van der Waals surface area contributed by atoms with E-state index in [1.54, 1.807) is 6.07 Å². The summed E-state index contributed by atoms with van der Waals surface area (Å²) in [5.41, 5.74) is 1.44. The van der Waals surface area contributed by atoms with E-state index in [1.807, 2.05) is 25.1 Å². The number of thioether (sulfide) groups is 1. The Balaban J connectivity index is 1.81. The Morgan fingerprint density at radius 1 is 1.30 bits per heavy atom. The number of hydrogen-bond acceptors (Lipinski definition) is 5. The number of nitrogens with one attached hydrogen (secondary N) is 1. The highest BCUT2D eigenvalue weighted by atomic mass is 35.5. The molecule has 3 rings (SSSR count). The molecular weight excluding hydrogens is 390 g/mol. The molecule has 1 atom stereocenters. The fourth-order valence-corrected chi connectivity index (χ4v) is 4.11. The van der Waals surface area contributed by atoms with Crippen LogP contribution in [0.25, 0.3) is 0 Å². The van der Waals surface area contributed by atoms with Crippen LogP contribution in [0.4, 0.5) is 11.4 Å². The molecule has 27 heavy (non-hydrogen) atoms. The van der Waals surface area contributed by atoms with Crippen molar-refractivity contribution in [3.63, 3.8) is 0 Å². The first-order valence-corrected chi connectivity index (χ1v) is 9.60. The lowest BCUT2D eigenvalue weighted by Gasteiger charge is -2.23. The molecule has 1 aliphatic heterocycles. The van der Waals surface area contributed by atoms with E-state index in [4.69, 9.17) is 11.6 Å².